The largest absolute Gasteiger partial charge is 0.349 e. The third-order valence-corrected chi connectivity index (χ3v) is 3.76. The Labute approximate surface area is 144 Å². The van der Waals surface area contributed by atoms with Gasteiger partial charge in [0.25, 0.3) is 0 Å². The molecule has 0 aliphatic carbocycles. The number of halogens is 1. The summed E-state index contributed by atoms with van der Waals surface area (Å²) < 4.78 is 0. The molecule has 1 amide bonds. The van der Waals surface area contributed by atoms with E-state index in [-0.39, 0.29) is 30.3 Å². The topological polar surface area (TPSA) is 41.1 Å². The van der Waals surface area contributed by atoms with Crippen LogP contribution in [0.1, 0.15) is 24.1 Å². The first-order chi connectivity index (χ1) is 10.7. The van der Waals surface area contributed by atoms with Gasteiger partial charge in [-0.25, -0.2) is 0 Å². The van der Waals surface area contributed by atoms with Gasteiger partial charge in [-0.1, -0.05) is 67.6 Å². The van der Waals surface area contributed by atoms with Crippen LogP contribution in [0, 0.1) is 5.92 Å². The maximum absolute atomic E-state index is 12.4. The molecule has 4 heteroatoms. The van der Waals surface area contributed by atoms with E-state index in [0.717, 1.165) is 12.0 Å². The third kappa shape index (κ3) is 6.05. The molecule has 0 saturated heterocycles. The van der Waals surface area contributed by atoms with E-state index in [1.165, 1.54) is 5.56 Å². The predicted octanol–water partition coefficient (Wildman–Crippen LogP) is 3.36. The molecule has 124 valence electrons. The van der Waals surface area contributed by atoms with Crippen molar-refractivity contribution < 1.29 is 4.79 Å². The van der Waals surface area contributed by atoms with Crippen LogP contribution in [-0.2, 0) is 11.2 Å². The molecule has 2 N–H and O–H groups in total. The second-order valence-electron chi connectivity index (χ2n) is 5.62. The zero-order valence-electron chi connectivity index (χ0n) is 13.7. The van der Waals surface area contributed by atoms with Crippen molar-refractivity contribution in [3.8, 4) is 0 Å². The highest BCUT2D eigenvalue weighted by atomic mass is 35.5. The lowest BCUT2D eigenvalue weighted by Gasteiger charge is -2.22. The van der Waals surface area contributed by atoms with E-state index in [2.05, 4.69) is 34.9 Å². The summed E-state index contributed by atoms with van der Waals surface area (Å²) >= 11 is 0. The molecule has 0 saturated carbocycles. The Hall–Kier alpha value is -1.84. The smallest absolute Gasteiger partial charge is 0.224 e. The first-order valence-electron chi connectivity index (χ1n) is 7.74. The van der Waals surface area contributed by atoms with Crippen LogP contribution in [0.5, 0.6) is 0 Å². The summed E-state index contributed by atoms with van der Waals surface area (Å²) in [5.41, 5.74) is 2.36. The first-order valence-corrected chi connectivity index (χ1v) is 7.74. The van der Waals surface area contributed by atoms with Crippen LogP contribution in [-0.4, -0.2) is 19.5 Å². The summed E-state index contributed by atoms with van der Waals surface area (Å²) in [5.74, 6) is 0.0334. The number of carbonyl (C=O) groups is 1. The highest BCUT2D eigenvalue weighted by molar-refractivity contribution is 5.85. The molecule has 0 aliphatic heterocycles. The van der Waals surface area contributed by atoms with Gasteiger partial charge in [-0.15, -0.1) is 12.4 Å². The Morgan fingerprint density at radius 1 is 1.00 bits per heavy atom. The van der Waals surface area contributed by atoms with Gasteiger partial charge in [-0.2, -0.15) is 0 Å². The number of benzene rings is 2. The van der Waals surface area contributed by atoms with Crippen molar-refractivity contribution in [2.24, 2.45) is 5.92 Å². The van der Waals surface area contributed by atoms with Crippen molar-refractivity contribution in [1.82, 2.24) is 10.6 Å². The summed E-state index contributed by atoms with van der Waals surface area (Å²) in [6.45, 7) is 2.62. The van der Waals surface area contributed by atoms with E-state index in [0.29, 0.717) is 6.54 Å². The summed E-state index contributed by atoms with van der Waals surface area (Å²) in [5, 5.41) is 6.24. The monoisotopic (exact) mass is 332 g/mol. The molecular weight excluding hydrogens is 308 g/mol. The maximum atomic E-state index is 12.4. The molecule has 23 heavy (non-hydrogen) atoms. The second-order valence-corrected chi connectivity index (χ2v) is 5.62. The molecule has 2 atom stereocenters. The molecule has 2 rings (SSSR count). The number of rotatable bonds is 7. The third-order valence-electron chi connectivity index (χ3n) is 3.76. The zero-order chi connectivity index (χ0) is 15.8. The van der Waals surface area contributed by atoms with Gasteiger partial charge < -0.3 is 10.6 Å². The minimum atomic E-state index is -0.0491. The molecule has 2 aromatic carbocycles. The average molecular weight is 333 g/mol. The highest BCUT2D eigenvalue weighted by Crippen LogP contribution is 2.19. The lowest BCUT2D eigenvalue weighted by molar-refractivity contribution is -0.125. The molecule has 0 heterocycles. The van der Waals surface area contributed by atoms with Gasteiger partial charge in [0.2, 0.25) is 5.91 Å². The van der Waals surface area contributed by atoms with Crippen LogP contribution >= 0.6 is 12.4 Å². The number of hydrogen-bond donors (Lipinski definition) is 2. The van der Waals surface area contributed by atoms with E-state index in [1.54, 1.807) is 0 Å². The van der Waals surface area contributed by atoms with Gasteiger partial charge in [0.15, 0.2) is 0 Å². The Balaban J connectivity index is 0.00000264. The van der Waals surface area contributed by atoms with Crippen molar-refractivity contribution >= 4 is 18.3 Å². The number of carbonyl (C=O) groups excluding carboxylic acids is 1. The van der Waals surface area contributed by atoms with Crippen LogP contribution in [0.3, 0.4) is 0 Å². The van der Waals surface area contributed by atoms with Crippen molar-refractivity contribution in [2.45, 2.75) is 19.4 Å². The number of amides is 1. The molecule has 0 aliphatic rings. The number of hydrogen-bond acceptors (Lipinski definition) is 2. The molecule has 3 nitrogen and oxygen atoms in total. The van der Waals surface area contributed by atoms with Gasteiger partial charge in [0.05, 0.1) is 6.04 Å². The standard InChI is InChI=1S/C19H24N2O.ClH/c1-15(14-20-2)19(22)21-18(17-11-7-4-8-12-17)13-16-9-5-3-6-10-16;/h3-12,15,18,20H,13-14H2,1-2H3,(H,21,22);1H. The average Bonchev–Trinajstić information content (AvgIpc) is 2.56. The van der Waals surface area contributed by atoms with E-state index < -0.39 is 0 Å². The SMILES string of the molecule is CNCC(C)C(=O)NC(Cc1ccccc1)c1ccccc1.Cl. The maximum Gasteiger partial charge on any atom is 0.224 e. The molecule has 2 aromatic rings. The van der Waals surface area contributed by atoms with Gasteiger partial charge in [-0.3, -0.25) is 4.79 Å². The molecule has 0 radical (unpaired) electrons. The summed E-state index contributed by atoms with van der Waals surface area (Å²) in [6.07, 6.45) is 0.795. The lowest BCUT2D eigenvalue weighted by atomic mass is 9.98. The van der Waals surface area contributed by atoms with Crippen molar-refractivity contribution in [3.05, 3.63) is 71.8 Å². The Bertz CT molecular complexity index is 574. The molecule has 0 bridgehead atoms. The molecule has 2 unspecified atom stereocenters. The van der Waals surface area contributed by atoms with Crippen LogP contribution < -0.4 is 10.6 Å². The Morgan fingerprint density at radius 2 is 1.57 bits per heavy atom. The Morgan fingerprint density at radius 3 is 2.13 bits per heavy atom. The van der Waals surface area contributed by atoms with E-state index in [9.17, 15) is 4.79 Å². The van der Waals surface area contributed by atoms with Gasteiger partial charge >= 0.3 is 0 Å². The Kier molecular flexibility index (Phi) is 8.38. The normalized spacial score (nSPS) is 12.8. The quantitative estimate of drug-likeness (QED) is 0.816. The van der Waals surface area contributed by atoms with Crippen LogP contribution in [0.15, 0.2) is 60.7 Å². The van der Waals surface area contributed by atoms with Crippen LogP contribution in [0.4, 0.5) is 0 Å². The highest BCUT2D eigenvalue weighted by Gasteiger charge is 2.18. The predicted molar refractivity (Wildman–Crippen MR) is 97.8 cm³/mol. The molecular formula is C19H25ClN2O. The second kappa shape index (κ2) is 10.0. The fourth-order valence-electron chi connectivity index (χ4n) is 2.50. The van der Waals surface area contributed by atoms with Gasteiger partial charge in [-0.05, 0) is 24.6 Å². The minimum Gasteiger partial charge on any atom is -0.349 e. The van der Waals surface area contributed by atoms with Gasteiger partial charge in [0, 0.05) is 12.5 Å². The minimum absolute atomic E-state index is 0. The van der Waals surface area contributed by atoms with Crippen LogP contribution in [0.2, 0.25) is 0 Å². The number of nitrogens with one attached hydrogen (secondary N) is 2. The fourth-order valence-corrected chi connectivity index (χ4v) is 2.50. The summed E-state index contributed by atoms with van der Waals surface area (Å²) in [4.78, 5) is 12.4. The lowest BCUT2D eigenvalue weighted by Crippen LogP contribution is -2.37. The van der Waals surface area contributed by atoms with E-state index >= 15 is 0 Å². The fraction of sp³-hybridized carbons (Fsp3) is 0.316. The summed E-state index contributed by atoms with van der Waals surface area (Å²) in [6, 6.07) is 20.4. The molecule has 0 spiro atoms. The van der Waals surface area contributed by atoms with Gasteiger partial charge in [0.1, 0.15) is 0 Å². The summed E-state index contributed by atoms with van der Waals surface area (Å²) in [7, 11) is 1.86. The van der Waals surface area contributed by atoms with Crippen molar-refractivity contribution in [2.75, 3.05) is 13.6 Å². The zero-order valence-corrected chi connectivity index (χ0v) is 14.5. The first kappa shape index (κ1) is 19.2. The van der Waals surface area contributed by atoms with E-state index in [4.69, 9.17) is 0 Å². The molecule has 0 fully saturated rings. The van der Waals surface area contributed by atoms with Crippen molar-refractivity contribution in [1.29, 1.82) is 0 Å². The van der Waals surface area contributed by atoms with Crippen molar-refractivity contribution in [3.63, 3.8) is 0 Å². The van der Waals surface area contributed by atoms with Crippen LogP contribution in [0.25, 0.3) is 0 Å². The van der Waals surface area contributed by atoms with E-state index in [1.807, 2.05) is 50.4 Å². The molecule has 0 aromatic heterocycles.